The number of halogens is 2. The molecule has 0 aliphatic heterocycles. The van der Waals surface area contributed by atoms with Gasteiger partial charge in [0.05, 0.1) is 4.11 Å². The van der Waals surface area contributed by atoms with Crippen LogP contribution in [-0.2, 0) is 0 Å². The van der Waals surface area contributed by atoms with Crippen molar-refractivity contribution in [1.82, 2.24) is 4.98 Å². The molecule has 0 unspecified atom stereocenters. The number of aromatic nitrogens is 1. The van der Waals surface area contributed by atoms with Gasteiger partial charge in [-0.3, -0.25) is 0 Å². The first kappa shape index (κ1) is 2.92. The van der Waals surface area contributed by atoms with Gasteiger partial charge in [-0.25, -0.2) is 4.98 Å². The van der Waals surface area contributed by atoms with E-state index < -0.39 is 18.2 Å². The van der Waals surface area contributed by atoms with Gasteiger partial charge >= 0.3 is 0 Å². The summed E-state index contributed by atoms with van der Waals surface area (Å²) in [5, 5.41) is 0. The second kappa shape index (κ2) is 2.22. The maximum absolute atomic E-state index is 12.5. The molecular weight excluding hydrogens is 173 g/mol. The van der Waals surface area contributed by atoms with E-state index in [1.807, 2.05) is 0 Å². The predicted molar refractivity (Wildman–Crippen MR) is 31.9 cm³/mol. The smallest absolute Gasteiger partial charge is 0.213 e. The van der Waals surface area contributed by atoms with E-state index in [0.29, 0.717) is 0 Å². The van der Waals surface area contributed by atoms with Crippen molar-refractivity contribution in [1.29, 1.82) is 0 Å². The number of rotatable bonds is 0. The zero-order valence-electron chi connectivity index (χ0n) is 6.70. The topological polar surface area (TPSA) is 12.9 Å². The van der Waals surface area contributed by atoms with Crippen molar-refractivity contribution >= 4 is 15.9 Å². The molecule has 0 spiro atoms. The lowest BCUT2D eigenvalue weighted by Crippen LogP contribution is -1.76. The Balaban J connectivity index is 3.46. The van der Waals surface area contributed by atoms with Gasteiger partial charge in [0.25, 0.3) is 0 Å². The second-order valence-electron chi connectivity index (χ2n) is 1.08. The average molecular weight is 179 g/mol. The lowest BCUT2D eigenvalue weighted by molar-refractivity contribution is 0.583. The normalized spacial score (nSPS) is 14.5. The first-order valence-corrected chi connectivity index (χ1v) is 2.62. The summed E-state index contributed by atoms with van der Waals surface area (Å²) in [7, 11) is 0. The highest BCUT2D eigenvalue weighted by Gasteiger charge is 1.87. The van der Waals surface area contributed by atoms with E-state index in [9.17, 15) is 4.39 Å². The van der Waals surface area contributed by atoms with E-state index in [0.717, 1.165) is 0 Å². The van der Waals surface area contributed by atoms with Gasteiger partial charge in [0.1, 0.15) is 0 Å². The van der Waals surface area contributed by atoms with E-state index in [2.05, 4.69) is 20.9 Å². The molecule has 1 heterocycles. The fraction of sp³-hybridized carbons (Fsp3) is 0. The molecule has 0 atom stereocenters. The quantitative estimate of drug-likeness (QED) is 0.555. The molecule has 0 saturated carbocycles. The Hall–Kier alpha value is -0.440. The van der Waals surface area contributed by atoms with Gasteiger partial charge in [-0.15, -0.1) is 0 Å². The molecule has 0 aliphatic rings. The summed E-state index contributed by atoms with van der Waals surface area (Å²) >= 11 is 2.81. The van der Waals surface area contributed by atoms with Crippen LogP contribution in [0.25, 0.3) is 0 Å². The number of hydrogen-bond acceptors (Lipinski definition) is 1. The zero-order valence-corrected chi connectivity index (χ0v) is 5.29. The van der Waals surface area contributed by atoms with Gasteiger partial charge in [-0.2, -0.15) is 4.39 Å². The minimum Gasteiger partial charge on any atom is -0.228 e. The van der Waals surface area contributed by atoms with Crippen molar-refractivity contribution < 1.29 is 8.50 Å². The fourth-order valence-corrected chi connectivity index (χ4v) is 0.528. The monoisotopic (exact) mass is 178 g/mol. The molecule has 0 bridgehead atoms. The van der Waals surface area contributed by atoms with Crippen LogP contribution in [0.15, 0.2) is 22.7 Å². The van der Waals surface area contributed by atoms with Gasteiger partial charge in [0.2, 0.25) is 5.95 Å². The van der Waals surface area contributed by atoms with Gasteiger partial charge < -0.3 is 0 Å². The molecule has 0 aromatic carbocycles. The van der Waals surface area contributed by atoms with Crippen LogP contribution in [0.3, 0.4) is 0 Å². The average Bonchev–Trinajstić information content (AvgIpc) is 1.97. The summed E-state index contributed by atoms with van der Waals surface area (Å²) in [6.45, 7) is 0. The van der Waals surface area contributed by atoms with Crippen LogP contribution in [0, 0.1) is 5.95 Å². The minimum atomic E-state index is -1.03. The number of nitrogens with zero attached hydrogens (tertiary/aromatic N) is 1. The molecule has 0 aliphatic carbocycles. The molecule has 1 nitrogen and oxygen atoms in total. The maximum Gasteiger partial charge on any atom is 0.213 e. The molecule has 8 heavy (non-hydrogen) atoms. The van der Waals surface area contributed by atoms with Crippen LogP contribution in [0.5, 0.6) is 0 Å². The van der Waals surface area contributed by atoms with Gasteiger partial charge in [-0.1, -0.05) is 15.9 Å². The van der Waals surface area contributed by atoms with E-state index >= 15 is 0 Å². The first-order valence-electron chi connectivity index (χ1n) is 3.33. The standard InChI is InChI=1S/C5H3BrFN/c6-4-1-2-8-5(7)3-4/h1-3H/i1D,2D,3D. The lowest BCUT2D eigenvalue weighted by Gasteiger charge is -1.85. The van der Waals surface area contributed by atoms with Crippen LogP contribution in [0.1, 0.15) is 4.11 Å². The summed E-state index contributed by atoms with van der Waals surface area (Å²) in [5.74, 6) is -1.03. The third kappa shape index (κ3) is 1.26. The third-order valence-corrected chi connectivity index (χ3v) is 0.929. The van der Waals surface area contributed by atoms with Crippen LogP contribution in [-0.4, -0.2) is 4.98 Å². The molecule has 3 heteroatoms. The Bertz CT molecular complexity index is 278. The Labute approximate surface area is 58.9 Å². The number of pyridine rings is 1. The fourth-order valence-electron chi connectivity index (χ4n) is 0.276. The molecule has 0 amide bonds. The Morgan fingerprint density at radius 1 is 1.88 bits per heavy atom. The molecule has 1 aromatic heterocycles. The van der Waals surface area contributed by atoms with Crippen molar-refractivity contribution in [3.63, 3.8) is 0 Å². The lowest BCUT2D eigenvalue weighted by atomic mass is 10.5. The summed E-state index contributed by atoms with van der Waals surface area (Å²) in [6, 6.07) is -0.748. The van der Waals surface area contributed by atoms with E-state index in [-0.39, 0.29) is 10.5 Å². The number of hydrogen-bond donors (Lipinski definition) is 0. The summed E-state index contributed by atoms with van der Waals surface area (Å²) in [6.07, 6.45) is -0.467. The second-order valence-corrected chi connectivity index (χ2v) is 1.87. The predicted octanol–water partition coefficient (Wildman–Crippen LogP) is 1.98. The molecular formula is C5H3BrFN. The summed E-state index contributed by atoms with van der Waals surface area (Å²) < 4.78 is 33.5. The van der Waals surface area contributed by atoms with Crippen LogP contribution >= 0.6 is 15.9 Å². The molecule has 1 aromatic rings. The van der Waals surface area contributed by atoms with E-state index in [4.69, 9.17) is 4.11 Å². The van der Waals surface area contributed by atoms with Crippen LogP contribution in [0.4, 0.5) is 4.39 Å². The van der Waals surface area contributed by atoms with Crippen molar-refractivity contribution in [3.8, 4) is 0 Å². The highest BCUT2D eigenvalue weighted by molar-refractivity contribution is 9.10. The summed E-state index contributed by atoms with van der Waals surface area (Å²) in [4.78, 5) is 3.03. The molecule has 0 fully saturated rings. The van der Waals surface area contributed by atoms with Crippen LogP contribution in [0.2, 0.25) is 0 Å². The molecule has 0 N–H and O–H groups in total. The largest absolute Gasteiger partial charge is 0.228 e. The summed E-state index contributed by atoms with van der Waals surface area (Å²) in [5.41, 5.74) is 0. The van der Waals surface area contributed by atoms with Gasteiger partial charge in [0, 0.05) is 16.7 Å². The Morgan fingerprint density at radius 3 is 3.38 bits per heavy atom. The van der Waals surface area contributed by atoms with E-state index in [1.54, 1.807) is 0 Å². The zero-order chi connectivity index (χ0) is 8.59. The van der Waals surface area contributed by atoms with Crippen LogP contribution < -0.4 is 0 Å². The maximum atomic E-state index is 12.5. The third-order valence-electron chi connectivity index (χ3n) is 0.533. The van der Waals surface area contributed by atoms with Crippen molar-refractivity contribution in [2.45, 2.75) is 0 Å². The SMILES string of the molecule is [2H]c1nc(F)c([2H])c(Br)c1[2H]. The van der Waals surface area contributed by atoms with Gasteiger partial charge in [-0.05, 0) is 6.04 Å². The van der Waals surface area contributed by atoms with E-state index in [1.165, 1.54) is 0 Å². The Kier molecular flexibility index (Phi) is 0.809. The van der Waals surface area contributed by atoms with Crippen molar-refractivity contribution in [2.24, 2.45) is 0 Å². The molecule has 1 rings (SSSR count). The van der Waals surface area contributed by atoms with Crippen molar-refractivity contribution in [3.05, 3.63) is 28.7 Å². The van der Waals surface area contributed by atoms with Gasteiger partial charge in [0.15, 0.2) is 0 Å². The molecule has 0 radical (unpaired) electrons. The minimum absolute atomic E-state index is 0.0324. The van der Waals surface area contributed by atoms with Crippen molar-refractivity contribution in [2.75, 3.05) is 0 Å². The molecule has 0 saturated heterocycles. The first-order chi connectivity index (χ1) is 5.04. The Morgan fingerprint density at radius 2 is 2.62 bits per heavy atom. The highest BCUT2D eigenvalue weighted by atomic mass is 79.9. The highest BCUT2D eigenvalue weighted by Crippen LogP contribution is 2.06. The molecule has 42 valence electrons.